The van der Waals surface area contributed by atoms with Crippen LogP contribution in [0.3, 0.4) is 0 Å². The predicted molar refractivity (Wildman–Crippen MR) is 111 cm³/mol. The normalized spacial score (nSPS) is 10.4. The summed E-state index contributed by atoms with van der Waals surface area (Å²) in [5.41, 5.74) is 1.93. The minimum Gasteiger partial charge on any atom is -0.462 e. The summed E-state index contributed by atoms with van der Waals surface area (Å²) in [4.78, 5) is 35.6. The van der Waals surface area contributed by atoms with E-state index in [9.17, 15) is 19.7 Å². The highest BCUT2D eigenvalue weighted by Crippen LogP contribution is 2.37. The molecule has 0 fully saturated rings. The number of anilines is 1. The van der Waals surface area contributed by atoms with E-state index in [0.29, 0.717) is 16.1 Å². The quantitative estimate of drug-likeness (QED) is 0.346. The number of ether oxygens (including phenoxy) is 1. The third-order valence-corrected chi connectivity index (χ3v) is 4.99. The van der Waals surface area contributed by atoms with E-state index in [1.54, 1.807) is 24.4 Å². The first-order chi connectivity index (χ1) is 14.0. The van der Waals surface area contributed by atoms with Gasteiger partial charge >= 0.3 is 5.97 Å². The lowest BCUT2D eigenvalue weighted by Crippen LogP contribution is -2.16. The van der Waals surface area contributed by atoms with E-state index in [0.717, 1.165) is 5.56 Å². The maximum absolute atomic E-state index is 12.6. The SMILES string of the molecule is CCOC(=O)c1c(-c2cccc([N+](=O)[O-])c2)csc1NC(=O)Cc1ccccc1. The van der Waals surface area contributed by atoms with Crippen LogP contribution in [-0.2, 0) is 16.0 Å². The summed E-state index contributed by atoms with van der Waals surface area (Å²) in [6, 6.07) is 15.2. The Balaban J connectivity index is 1.94. The molecule has 2 aromatic carbocycles. The smallest absolute Gasteiger partial charge is 0.341 e. The van der Waals surface area contributed by atoms with Gasteiger partial charge in [0.05, 0.1) is 18.0 Å². The molecule has 8 heteroatoms. The molecule has 0 unspecified atom stereocenters. The van der Waals surface area contributed by atoms with Crippen molar-refractivity contribution >= 4 is 33.9 Å². The Hall–Kier alpha value is -3.52. The van der Waals surface area contributed by atoms with Gasteiger partial charge in [0.1, 0.15) is 10.6 Å². The molecular formula is C21H18N2O5S. The molecule has 0 aliphatic rings. The predicted octanol–water partition coefficient (Wildman–Crippen LogP) is 4.68. The van der Waals surface area contributed by atoms with Gasteiger partial charge in [0, 0.05) is 23.1 Å². The van der Waals surface area contributed by atoms with Gasteiger partial charge in [-0.15, -0.1) is 11.3 Å². The number of esters is 1. The first-order valence-electron chi connectivity index (χ1n) is 8.86. The van der Waals surface area contributed by atoms with Gasteiger partial charge in [-0.3, -0.25) is 14.9 Å². The van der Waals surface area contributed by atoms with E-state index in [1.165, 1.54) is 23.5 Å². The van der Waals surface area contributed by atoms with Crippen molar-refractivity contribution in [1.82, 2.24) is 0 Å². The molecule has 1 aromatic heterocycles. The number of hydrogen-bond acceptors (Lipinski definition) is 6. The zero-order valence-corrected chi connectivity index (χ0v) is 16.4. The van der Waals surface area contributed by atoms with Gasteiger partial charge in [0.25, 0.3) is 5.69 Å². The maximum atomic E-state index is 12.6. The van der Waals surface area contributed by atoms with Gasteiger partial charge in [-0.25, -0.2) is 4.79 Å². The highest BCUT2D eigenvalue weighted by Gasteiger charge is 2.23. The Kier molecular flexibility index (Phi) is 6.36. The number of carbonyl (C=O) groups excluding carboxylic acids is 2. The molecule has 0 saturated carbocycles. The van der Waals surface area contributed by atoms with Crippen LogP contribution in [0.2, 0.25) is 0 Å². The first kappa shape index (κ1) is 20.2. The molecule has 1 N–H and O–H groups in total. The lowest BCUT2D eigenvalue weighted by atomic mass is 10.0. The molecule has 0 aliphatic carbocycles. The Bertz CT molecular complexity index is 1050. The molecular weight excluding hydrogens is 392 g/mol. The number of amides is 1. The molecule has 0 aliphatic heterocycles. The lowest BCUT2D eigenvalue weighted by Gasteiger charge is -2.09. The highest BCUT2D eigenvalue weighted by molar-refractivity contribution is 7.15. The summed E-state index contributed by atoms with van der Waals surface area (Å²) in [5.74, 6) is -0.862. The van der Waals surface area contributed by atoms with Gasteiger partial charge < -0.3 is 10.1 Å². The van der Waals surface area contributed by atoms with Crippen LogP contribution in [0.5, 0.6) is 0 Å². The van der Waals surface area contributed by atoms with Gasteiger partial charge in [-0.1, -0.05) is 42.5 Å². The average Bonchev–Trinajstić information content (AvgIpc) is 3.12. The van der Waals surface area contributed by atoms with E-state index in [2.05, 4.69) is 5.32 Å². The summed E-state index contributed by atoms with van der Waals surface area (Å²) in [6.07, 6.45) is 0.160. The fourth-order valence-electron chi connectivity index (χ4n) is 2.81. The largest absolute Gasteiger partial charge is 0.462 e. The number of hydrogen-bond donors (Lipinski definition) is 1. The lowest BCUT2D eigenvalue weighted by molar-refractivity contribution is -0.384. The fourth-order valence-corrected chi connectivity index (χ4v) is 3.78. The van der Waals surface area contributed by atoms with Crippen LogP contribution in [0, 0.1) is 10.1 Å². The second kappa shape index (κ2) is 9.11. The van der Waals surface area contributed by atoms with Crippen LogP contribution in [0.4, 0.5) is 10.7 Å². The number of nitrogens with one attached hydrogen (secondary N) is 1. The zero-order valence-electron chi connectivity index (χ0n) is 15.6. The second-order valence-electron chi connectivity index (χ2n) is 6.09. The molecule has 3 rings (SSSR count). The molecule has 148 valence electrons. The van der Waals surface area contributed by atoms with Crippen molar-refractivity contribution in [1.29, 1.82) is 0 Å². The standard InChI is InChI=1S/C21H18N2O5S/c1-2-28-21(25)19-17(15-9-6-10-16(12-15)23(26)27)13-29-20(19)22-18(24)11-14-7-4-3-5-8-14/h3-10,12-13H,2,11H2,1H3,(H,22,24). The average molecular weight is 410 g/mol. The van der Waals surface area contributed by atoms with E-state index in [-0.39, 0.29) is 30.2 Å². The second-order valence-corrected chi connectivity index (χ2v) is 6.97. The Morgan fingerprint density at radius 1 is 1.14 bits per heavy atom. The van der Waals surface area contributed by atoms with Crippen molar-refractivity contribution < 1.29 is 19.2 Å². The number of nitro benzene ring substituents is 1. The molecule has 29 heavy (non-hydrogen) atoms. The maximum Gasteiger partial charge on any atom is 0.341 e. The molecule has 1 amide bonds. The Morgan fingerprint density at radius 2 is 1.90 bits per heavy atom. The summed E-state index contributed by atoms with van der Waals surface area (Å²) >= 11 is 1.18. The van der Waals surface area contributed by atoms with Crippen molar-refractivity contribution in [3.63, 3.8) is 0 Å². The van der Waals surface area contributed by atoms with Gasteiger partial charge in [0.2, 0.25) is 5.91 Å². The van der Waals surface area contributed by atoms with E-state index >= 15 is 0 Å². The number of thiophene rings is 1. The number of carbonyl (C=O) groups is 2. The van der Waals surface area contributed by atoms with Gasteiger partial charge in [0.15, 0.2) is 0 Å². The molecule has 0 radical (unpaired) electrons. The molecule has 0 spiro atoms. The fraction of sp³-hybridized carbons (Fsp3) is 0.143. The minimum absolute atomic E-state index is 0.0850. The monoisotopic (exact) mass is 410 g/mol. The first-order valence-corrected chi connectivity index (χ1v) is 9.74. The highest BCUT2D eigenvalue weighted by atomic mass is 32.1. The number of rotatable bonds is 7. The number of benzene rings is 2. The summed E-state index contributed by atoms with van der Waals surface area (Å²) in [5, 5.41) is 15.9. The van der Waals surface area contributed by atoms with Crippen LogP contribution in [0.25, 0.3) is 11.1 Å². The van der Waals surface area contributed by atoms with E-state index in [4.69, 9.17) is 4.74 Å². The zero-order chi connectivity index (χ0) is 20.8. The molecule has 0 atom stereocenters. The van der Waals surface area contributed by atoms with Crippen LogP contribution >= 0.6 is 11.3 Å². The van der Waals surface area contributed by atoms with Crippen molar-refractivity contribution in [3.8, 4) is 11.1 Å². The van der Waals surface area contributed by atoms with Gasteiger partial charge in [-0.05, 0) is 18.1 Å². The molecule has 0 bridgehead atoms. The van der Waals surface area contributed by atoms with Crippen LogP contribution < -0.4 is 5.32 Å². The van der Waals surface area contributed by atoms with E-state index < -0.39 is 10.9 Å². The van der Waals surface area contributed by atoms with Crippen LogP contribution in [0.15, 0.2) is 60.0 Å². The van der Waals surface area contributed by atoms with Crippen LogP contribution in [0.1, 0.15) is 22.8 Å². The Labute approximate surface area is 171 Å². The summed E-state index contributed by atoms with van der Waals surface area (Å²) in [7, 11) is 0. The van der Waals surface area contributed by atoms with E-state index in [1.807, 2.05) is 30.3 Å². The van der Waals surface area contributed by atoms with Crippen molar-refractivity contribution in [2.45, 2.75) is 13.3 Å². The topological polar surface area (TPSA) is 98.5 Å². The van der Waals surface area contributed by atoms with Crippen molar-refractivity contribution in [3.05, 3.63) is 81.2 Å². The van der Waals surface area contributed by atoms with Crippen molar-refractivity contribution in [2.24, 2.45) is 0 Å². The summed E-state index contributed by atoms with van der Waals surface area (Å²) in [6.45, 7) is 1.85. The molecule has 1 heterocycles. The minimum atomic E-state index is -0.592. The Morgan fingerprint density at radius 3 is 2.59 bits per heavy atom. The van der Waals surface area contributed by atoms with Gasteiger partial charge in [-0.2, -0.15) is 0 Å². The summed E-state index contributed by atoms with van der Waals surface area (Å²) < 4.78 is 5.15. The third-order valence-electron chi connectivity index (χ3n) is 4.10. The number of nitrogens with zero attached hydrogens (tertiary/aromatic N) is 1. The van der Waals surface area contributed by atoms with Crippen molar-refractivity contribution in [2.75, 3.05) is 11.9 Å². The molecule has 0 saturated heterocycles. The molecule has 3 aromatic rings. The van der Waals surface area contributed by atoms with Crippen LogP contribution in [-0.4, -0.2) is 23.4 Å². The number of nitro groups is 1. The number of non-ortho nitro benzene ring substituents is 1. The third kappa shape index (κ3) is 4.85. The molecule has 7 nitrogen and oxygen atoms in total.